The number of anilines is 1. The van der Waals surface area contributed by atoms with Crippen LogP contribution in [-0.2, 0) is 4.79 Å². The highest BCUT2D eigenvalue weighted by molar-refractivity contribution is 5.94. The van der Waals surface area contributed by atoms with Gasteiger partial charge in [0.15, 0.2) is 0 Å². The lowest BCUT2D eigenvalue weighted by atomic mass is 9.91. The summed E-state index contributed by atoms with van der Waals surface area (Å²) in [6.07, 6.45) is 7.53. The topological polar surface area (TPSA) is 50.3 Å². The van der Waals surface area contributed by atoms with Crippen molar-refractivity contribution in [3.63, 3.8) is 0 Å². The van der Waals surface area contributed by atoms with Crippen molar-refractivity contribution in [1.29, 1.82) is 0 Å². The minimum Gasteiger partial charge on any atom is -0.369 e. The molecule has 4 aliphatic rings. The second-order valence-electron chi connectivity index (χ2n) is 10.2. The fourth-order valence-electron chi connectivity index (χ4n) is 5.64. The lowest BCUT2D eigenvalue weighted by Gasteiger charge is -2.43. The van der Waals surface area contributed by atoms with Gasteiger partial charge in [0, 0.05) is 82.7 Å². The molecule has 33 heavy (non-hydrogen) atoms. The van der Waals surface area contributed by atoms with Crippen LogP contribution in [0.25, 0.3) is 0 Å². The number of benzene rings is 1. The predicted octanol–water partition coefficient (Wildman–Crippen LogP) is 2.13. The molecule has 1 aromatic carbocycles. The highest BCUT2D eigenvalue weighted by Gasteiger charge is 2.30. The lowest BCUT2D eigenvalue weighted by molar-refractivity contribution is -0.134. The molecular weight excluding hydrogens is 414 g/mol. The van der Waals surface area contributed by atoms with E-state index in [1.165, 1.54) is 31.4 Å². The monoisotopic (exact) mass is 453 g/mol. The number of nitrogens with zero attached hydrogens (tertiary/aromatic N) is 5. The van der Waals surface area contributed by atoms with Crippen LogP contribution in [0.15, 0.2) is 24.3 Å². The third kappa shape index (κ3) is 5.35. The fraction of sp³-hybridized carbons (Fsp3) is 0.692. The van der Waals surface area contributed by atoms with Gasteiger partial charge in [0.05, 0.1) is 6.54 Å². The molecule has 2 amide bonds. The molecule has 5 rings (SSSR count). The Hall–Kier alpha value is -2.12. The van der Waals surface area contributed by atoms with Gasteiger partial charge in [-0.05, 0) is 56.4 Å². The van der Waals surface area contributed by atoms with Gasteiger partial charge >= 0.3 is 0 Å². The zero-order chi connectivity index (χ0) is 22.6. The van der Waals surface area contributed by atoms with Crippen molar-refractivity contribution >= 4 is 17.5 Å². The Morgan fingerprint density at radius 3 is 1.97 bits per heavy atom. The molecule has 0 radical (unpaired) electrons. The zero-order valence-electron chi connectivity index (χ0n) is 20.0. The van der Waals surface area contributed by atoms with Gasteiger partial charge in [0.2, 0.25) is 5.91 Å². The van der Waals surface area contributed by atoms with E-state index in [1.807, 2.05) is 17.0 Å². The Bertz CT molecular complexity index is 802. The molecule has 3 aliphatic heterocycles. The summed E-state index contributed by atoms with van der Waals surface area (Å²) < 4.78 is 0. The quantitative estimate of drug-likeness (QED) is 0.684. The Labute approximate surface area is 198 Å². The van der Waals surface area contributed by atoms with Crippen LogP contribution >= 0.6 is 0 Å². The first-order chi connectivity index (χ1) is 16.2. The van der Waals surface area contributed by atoms with E-state index in [1.54, 1.807) is 0 Å². The molecule has 4 fully saturated rings. The maximum absolute atomic E-state index is 12.8. The van der Waals surface area contributed by atoms with E-state index in [0.29, 0.717) is 6.54 Å². The van der Waals surface area contributed by atoms with Crippen molar-refractivity contribution in [3.8, 4) is 0 Å². The smallest absolute Gasteiger partial charge is 0.253 e. The van der Waals surface area contributed by atoms with Crippen molar-refractivity contribution in [2.45, 2.75) is 44.6 Å². The van der Waals surface area contributed by atoms with Crippen molar-refractivity contribution in [2.24, 2.45) is 0 Å². The first-order valence-corrected chi connectivity index (χ1v) is 13.1. The van der Waals surface area contributed by atoms with Crippen LogP contribution < -0.4 is 4.90 Å². The molecule has 180 valence electrons. The Morgan fingerprint density at radius 1 is 0.697 bits per heavy atom. The average Bonchev–Trinajstić information content (AvgIpc) is 2.84. The molecule has 7 heteroatoms. The number of hydrogen-bond acceptors (Lipinski definition) is 5. The SMILES string of the molecule is O=C(CN1CCN(c2ccc(C(=O)N3CCCCC3)cc2)CC1)N1CCN(C2CCC2)CC1. The van der Waals surface area contributed by atoms with E-state index < -0.39 is 0 Å². The fourth-order valence-corrected chi connectivity index (χ4v) is 5.64. The molecule has 1 aromatic rings. The third-order valence-corrected chi connectivity index (χ3v) is 8.11. The number of piperazine rings is 2. The van der Waals surface area contributed by atoms with Crippen LogP contribution in [0.4, 0.5) is 5.69 Å². The van der Waals surface area contributed by atoms with Gasteiger partial charge in [-0.1, -0.05) is 6.42 Å². The largest absolute Gasteiger partial charge is 0.369 e. The summed E-state index contributed by atoms with van der Waals surface area (Å²) >= 11 is 0. The number of carbonyl (C=O) groups excluding carboxylic acids is 2. The normalized spacial score (nSPS) is 23.5. The number of likely N-dealkylation sites (tertiary alicyclic amines) is 1. The summed E-state index contributed by atoms with van der Waals surface area (Å²) in [5.74, 6) is 0.454. The molecule has 3 heterocycles. The van der Waals surface area contributed by atoms with Gasteiger partial charge in [-0.15, -0.1) is 0 Å². The molecule has 1 saturated carbocycles. The van der Waals surface area contributed by atoms with Crippen LogP contribution in [-0.4, -0.2) is 109 Å². The second-order valence-corrected chi connectivity index (χ2v) is 10.2. The maximum atomic E-state index is 12.8. The predicted molar refractivity (Wildman–Crippen MR) is 131 cm³/mol. The van der Waals surface area contributed by atoms with Gasteiger partial charge in [0.25, 0.3) is 5.91 Å². The average molecular weight is 454 g/mol. The first-order valence-electron chi connectivity index (χ1n) is 13.1. The molecule has 0 bridgehead atoms. The summed E-state index contributed by atoms with van der Waals surface area (Å²) in [4.78, 5) is 36.8. The number of carbonyl (C=O) groups is 2. The van der Waals surface area contributed by atoms with Gasteiger partial charge in [-0.2, -0.15) is 0 Å². The van der Waals surface area contributed by atoms with Crippen molar-refractivity contribution in [2.75, 3.05) is 76.9 Å². The highest BCUT2D eigenvalue weighted by atomic mass is 16.2. The van der Waals surface area contributed by atoms with Crippen LogP contribution in [0.1, 0.15) is 48.9 Å². The standard InChI is InChI=1S/C26H39N5O2/c32-25(30-19-17-29(18-20-30)23-5-4-6-23)21-27-13-15-28(16-14-27)24-9-7-22(8-10-24)26(33)31-11-2-1-3-12-31/h7-10,23H,1-6,11-21H2. The summed E-state index contributed by atoms with van der Waals surface area (Å²) in [7, 11) is 0. The summed E-state index contributed by atoms with van der Waals surface area (Å²) in [5.41, 5.74) is 1.96. The first kappa shape index (κ1) is 22.7. The Kier molecular flexibility index (Phi) is 7.16. The molecule has 0 aromatic heterocycles. The number of amides is 2. The highest BCUT2D eigenvalue weighted by Crippen LogP contribution is 2.25. The maximum Gasteiger partial charge on any atom is 0.253 e. The third-order valence-electron chi connectivity index (χ3n) is 8.11. The van der Waals surface area contributed by atoms with Crippen LogP contribution in [0, 0.1) is 0 Å². The van der Waals surface area contributed by atoms with Crippen LogP contribution in [0.3, 0.4) is 0 Å². The van der Waals surface area contributed by atoms with Crippen LogP contribution in [0.2, 0.25) is 0 Å². The van der Waals surface area contributed by atoms with E-state index in [4.69, 9.17) is 0 Å². The Balaban J connectivity index is 1.06. The van der Waals surface area contributed by atoms with E-state index in [-0.39, 0.29) is 11.8 Å². The molecule has 0 N–H and O–H groups in total. The molecule has 0 unspecified atom stereocenters. The number of rotatable bonds is 5. The van der Waals surface area contributed by atoms with Crippen molar-refractivity contribution in [1.82, 2.24) is 19.6 Å². The van der Waals surface area contributed by atoms with Crippen molar-refractivity contribution < 1.29 is 9.59 Å². The molecule has 0 spiro atoms. The lowest BCUT2D eigenvalue weighted by Crippen LogP contribution is -2.56. The molecule has 7 nitrogen and oxygen atoms in total. The van der Waals surface area contributed by atoms with Crippen LogP contribution in [0.5, 0.6) is 0 Å². The Morgan fingerprint density at radius 2 is 1.36 bits per heavy atom. The van der Waals surface area contributed by atoms with Gasteiger partial charge in [-0.25, -0.2) is 0 Å². The molecule has 3 saturated heterocycles. The molecule has 0 atom stereocenters. The van der Waals surface area contributed by atoms with Gasteiger partial charge < -0.3 is 14.7 Å². The van der Waals surface area contributed by atoms with Gasteiger partial charge in [0.1, 0.15) is 0 Å². The van der Waals surface area contributed by atoms with E-state index >= 15 is 0 Å². The second kappa shape index (κ2) is 10.4. The zero-order valence-corrected chi connectivity index (χ0v) is 20.0. The van der Waals surface area contributed by atoms with E-state index in [2.05, 4.69) is 31.7 Å². The van der Waals surface area contributed by atoms with Gasteiger partial charge in [-0.3, -0.25) is 19.4 Å². The summed E-state index contributed by atoms with van der Waals surface area (Å²) in [5, 5.41) is 0. The molecular formula is C26H39N5O2. The number of piperidine rings is 1. The summed E-state index contributed by atoms with van der Waals surface area (Å²) in [6.45, 7) is 9.82. The van der Waals surface area contributed by atoms with Crippen molar-refractivity contribution in [3.05, 3.63) is 29.8 Å². The van der Waals surface area contributed by atoms with E-state index in [0.717, 1.165) is 89.9 Å². The number of hydrogen-bond donors (Lipinski definition) is 0. The minimum atomic E-state index is 0.165. The van der Waals surface area contributed by atoms with E-state index in [9.17, 15) is 9.59 Å². The molecule has 1 aliphatic carbocycles. The minimum absolute atomic E-state index is 0.165. The summed E-state index contributed by atoms with van der Waals surface area (Å²) in [6, 6.07) is 8.91.